The molecule has 2 heterocycles. The minimum absolute atomic E-state index is 0.116. The molecular formula is C21H23F3N4O2. The monoisotopic (exact) mass is 420 g/mol. The van der Waals surface area contributed by atoms with Crippen molar-refractivity contribution in [1.82, 2.24) is 14.8 Å². The lowest BCUT2D eigenvalue weighted by Gasteiger charge is -2.34. The SMILES string of the molecule is CCc1ccccc1NC(=O)CN1CCN(C(=O)c2ccc(C(F)(F)F)nc2)CC1. The predicted molar refractivity (Wildman–Crippen MR) is 106 cm³/mol. The van der Waals surface area contributed by atoms with E-state index in [1.165, 1.54) is 0 Å². The van der Waals surface area contributed by atoms with Crippen LogP contribution in [-0.2, 0) is 17.4 Å². The summed E-state index contributed by atoms with van der Waals surface area (Å²) in [6.07, 6.45) is -2.77. The van der Waals surface area contributed by atoms with Gasteiger partial charge in [0.15, 0.2) is 0 Å². The van der Waals surface area contributed by atoms with E-state index in [1.54, 1.807) is 4.90 Å². The fourth-order valence-electron chi connectivity index (χ4n) is 3.32. The molecule has 6 nitrogen and oxygen atoms in total. The number of piperazine rings is 1. The molecule has 2 aromatic rings. The molecule has 1 N–H and O–H groups in total. The number of halogens is 3. The fraction of sp³-hybridized carbons (Fsp3) is 0.381. The molecule has 2 amide bonds. The number of carbonyl (C=O) groups is 2. The standard InChI is InChI=1S/C21H23F3N4O2/c1-2-15-5-3-4-6-17(15)26-19(29)14-27-9-11-28(12-10-27)20(30)16-7-8-18(25-13-16)21(22,23)24/h3-8,13H,2,9-12,14H2,1H3,(H,26,29). The summed E-state index contributed by atoms with van der Waals surface area (Å²) in [5, 5.41) is 2.92. The van der Waals surface area contributed by atoms with E-state index < -0.39 is 11.9 Å². The predicted octanol–water partition coefficient (Wildman–Crippen LogP) is 3.06. The number of aryl methyl sites for hydroxylation is 1. The third kappa shape index (κ3) is 5.35. The van der Waals surface area contributed by atoms with Crippen LogP contribution in [-0.4, -0.2) is 59.3 Å². The van der Waals surface area contributed by atoms with E-state index in [1.807, 2.05) is 36.1 Å². The van der Waals surface area contributed by atoms with Crippen molar-refractivity contribution >= 4 is 17.5 Å². The minimum Gasteiger partial charge on any atom is -0.336 e. The van der Waals surface area contributed by atoms with E-state index in [0.29, 0.717) is 26.2 Å². The van der Waals surface area contributed by atoms with Gasteiger partial charge >= 0.3 is 6.18 Å². The highest BCUT2D eigenvalue weighted by atomic mass is 19.4. The summed E-state index contributed by atoms with van der Waals surface area (Å²) in [6, 6.07) is 9.58. The van der Waals surface area contributed by atoms with E-state index in [4.69, 9.17) is 0 Å². The van der Waals surface area contributed by atoms with Gasteiger partial charge in [0.1, 0.15) is 5.69 Å². The minimum atomic E-state index is -4.54. The Kier molecular flexibility index (Phi) is 6.71. The molecular weight excluding hydrogens is 397 g/mol. The summed E-state index contributed by atoms with van der Waals surface area (Å²) in [6.45, 7) is 4.01. The molecule has 0 radical (unpaired) electrons. The van der Waals surface area contributed by atoms with E-state index in [-0.39, 0.29) is 23.9 Å². The van der Waals surface area contributed by atoms with Crippen molar-refractivity contribution in [1.29, 1.82) is 0 Å². The average Bonchev–Trinajstić information content (AvgIpc) is 2.73. The zero-order chi connectivity index (χ0) is 21.7. The van der Waals surface area contributed by atoms with Gasteiger partial charge in [-0.05, 0) is 30.2 Å². The Morgan fingerprint density at radius 2 is 1.77 bits per heavy atom. The molecule has 160 valence electrons. The van der Waals surface area contributed by atoms with Crippen molar-refractivity contribution in [2.75, 3.05) is 38.0 Å². The van der Waals surface area contributed by atoms with Crippen molar-refractivity contribution in [3.05, 3.63) is 59.4 Å². The number of pyridine rings is 1. The summed E-state index contributed by atoms with van der Waals surface area (Å²) in [7, 11) is 0. The van der Waals surface area contributed by atoms with E-state index in [2.05, 4.69) is 10.3 Å². The number of nitrogens with zero attached hydrogens (tertiary/aromatic N) is 3. The number of hydrogen-bond donors (Lipinski definition) is 1. The normalized spacial score (nSPS) is 15.1. The van der Waals surface area contributed by atoms with Gasteiger partial charge in [0.25, 0.3) is 5.91 Å². The number of alkyl halides is 3. The molecule has 0 saturated carbocycles. The van der Waals surface area contributed by atoms with E-state index in [0.717, 1.165) is 36.0 Å². The highest BCUT2D eigenvalue weighted by Crippen LogP contribution is 2.27. The van der Waals surface area contributed by atoms with Crippen LogP contribution in [0.25, 0.3) is 0 Å². The molecule has 9 heteroatoms. The van der Waals surface area contributed by atoms with Crippen LogP contribution in [0.15, 0.2) is 42.6 Å². The zero-order valence-corrected chi connectivity index (χ0v) is 16.6. The molecule has 1 aromatic heterocycles. The van der Waals surface area contributed by atoms with Crippen molar-refractivity contribution in [2.45, 2.75) is 19.5 Å². The van der Waals surface area contributed by atoms with Crippen LogP contribution in [0.2, 0.25) is 0 Å². The first-order chi connectivity index (χ1) is 14.3. The lowest BCUT2D eigenvalue weighted by molar-refractivity contribution is -0.141. The Hall–Kier alpha value is -2.94. The smallest absolute Gasteiger partial charge is 0.336 e. The molecule has 1 saturated heterocycles. The van der Waals surface area contributed by atoms with E-state index in [9.17, 15) is 22.8 Å². The number of anilines is 1. The first-order valence-electron chi connectivity index (χ1n) is 9.70. The van der Waals surface area contributed by atoms with Gasteiger partial charge in [0.2, 0.25) is 5.91 Å². The average molecular weight is 420 g/mol. The number of benzene rings is 1. The van der Waals surface area contributed by atoms with Crippen LogP contribution in [0.5, 0.6) is 0 Å². The second kappa shape index (κ2) is 9.25. The Morgan fingerprint density at radius 3 is 2.37 bits per heavy atom. The second-order valence-electron chi connectivity index (χ2n) is 7.06. The summed E-state index contributed by atoms with van der Waals surface area (Å²) >= 11 is 0. The van der Waals surface area contributed by atoms with Crippen molar-refractivity contribution < 1.29 is 22.8 Å². The van der Waals surface area contributed by atoms with Crippen molar-refractivity contribution in [3.63, 3.8) is 0 Å². The lowest BCUT2D eigenvalue weighted by atomic mass is 10.1. The van der Waals surface area contributed by atoms with Gasteiger partial charge in [0, 0.05) is 38.1 Å². The third-order valence-electron chi connectivity index (χ3n) is 5.00. The molecule has 1 fully saturated rings. The topological polar surface area (TPSA) is 65.5 Å². The van der Waals surface area contributed by atoms with Gasteiger partial charge in [-0.1, -0.05) is 25.1 Å². The Labute approximate surface area is 172 Å². The third-order valence-corrected chi connectivity index (χ3v) is 5.00. The molecule has 0 bridgehead atoms. The molecule has 0 atom stereocenters. The number of nitrogens with one attached hydrogen (secondary N) is 1. The number of rotatable bonds is 5. The Morgan fingerprint density at radius 1 is 1.07 bits per heavy atom. The van der Waals surface area contributed by atoms with Crippen LogP contribution < -0.4 is 5.32 Å². The van der Waals surface area contributed by atoms with Crippen LogP contribution in [0.3, 0.4) is 0 Å². The van der Waals surface area contributed by atoms with Gasteiger partial charge in [-0.3, -0.25) is 19.5 Å². The molecule has 0 aliphatic carbocycles. The maximum atomic E-state index is 12.6. The molecule has 1 aromatic carbocycles. The number of hydrogen-bond acceptors (Lipinski definition) is 4. The summed E-state index contributed by atoms with van der Waals surface area (Å²) in [5.74, 6) is -0.486. The highest BCUT2D eigenvalue weighted by Gasteiger charge is 2.32. The first kappa shape index (κ1) is 21.8. The maximum absolute atomic E-state index is 12.6. The number of aromatic nitrogens is 1. The second-order valence-corrected chi connectivity index (χ2v) is 7.06. The number of amides is 2. The van der Waals surface area contributed by atoms with Gasteiger partial charge in [-0.25, -0.2) is 0 Å². The zero-order valence-electron chi connectivity index (χ0n) is 16.6. The van der Waals surface area contributed by atoms with Crippen LogP contribution in [0.1, 0.15) is 28.5 Å². The quantitative estimate of drug-likeness (QED) is 0.808. The Balaban J connectivity index is 1.50. The molecule has 0 unspecified atom stereocenters. The summed E-state index contributed by atoms with van der Waals surface area (Å²) in [4.78, 5) is 31.7. The number of carbonyl (C=O) groups excluding carboxylic acids is 2. The van der Waals surface area contributed by atoms with Gasteiger partial charge in [-0.15, -0.1) is 0 Å². The lowest BCUT2D eigenvalue weighted by Crippen LogP contribution is -2.50. The molecule has 0 spiro atoms. The summed E-state index contributed by atoms with van der Waals surface area (Å²) in [5.41, 5.74) is 0.949. The van der Waals surface area contributed by atoms with Crippen molar-refractivity contribution in [2.24, 2.45) is 0 Å². The van der Waals surface area contributed by atoms with Gasteiger partial charge in [0.05, 0.1) is 12.1 Å². The highest BCUT2D eigenvalue weighted by molar-refractivity contribution is 5.94. The Bertz CT molecular complexity index is 892. The van der Waals surface area contributed by atoms with E-state index >= 15 is 0 Å². The first-order valence-corrected chi connectivity index (χ1v) is 9.70. The fourth-order valence-corrected chi connectivity index (χ4v) is 3.32. The molecule has 1 aliphatic rings. The maximum Gasteiger partial charge on any atom is 0.433 e. The van der Waals surface area contributed by atoms with Crippen LogP contribution in [0.4, 0.5) is 18.9 Å². The van der Waals surface area contributed by atoms with Crippen LogP contribution in [0, 0.1) is 0 Å². The molecule has 3 rings (SSSR count). The molecule has 1 aliphatic heterocycles. The number of para-hydroxylation sites is 1. The van der Waals surface area contributed by atoms with Gasteiger partial charge < -0.3 is 10.2 Å². The van der Waals surface area contributed by atoms with Crippen LogP contribution >= 0.6 is 0 Å². The molecule has 30 heavy (non-hydrogen) atoms. The van der Waals surface area contributed by atoms with Gasteiger partial charge in [-0.2, -0.15) is 13.2 Å². The largest absolute Gasteiger partial charge is 0.433 e. The van der Waals surface area contributed by atoms with Crippen molar-refractivity contribution in [3.8, 4) is 0 Å². The summed E-state index contributed by atoms with van der Waals surface area (Å²) < 4.78 is 37.8.